The third-order valence-corrected chi connectivity index (χ3v) is 1.98. The topological polar surface area (TPSA) is 49.4 Å². The van der Waals surface area contributed by atoms with Gasteiger partial charge in [-0.25, -0.2) is 0 Å². The number of hydrogen-bond donors (Lipinski definition) is 0. The van der Waals surface area contributed by atoms with Crippen molar-refractivity contribution in [3.8, 4) is 0 Å². The Morgan fingerprint density at radius 3 is 0.560 bits per heavy atom. The fourth-order valence-corrected chi connectivity index (χ4v) is 1.03. The average Bonchev–Trinajstić information content (AvgIpc) is 2.27. The lowest BCUT2D eigenvalue weighted by molar-refractivity contribution is 0.583. The fraction of sp³-hybridized carbons (Fsp3) is 0.800. The van der Waals surface area contributed by atoms with Gasteiger partial charge in [0.2, 0.25) is 0 Å². The quantitative estimate of drug-likeness (QED) is 0.486. The van der Waals surface area contributed by atoms with Crippen LogP contribution in [0.2, 0.25) is 0 Å². The maximum absolute atomic E-state index is 4.29. The van der Waals surface area contributed by atoms with Crippen molar-refractivity contribution >= 4 is 42.2 Å². The average molecular weight is 364 g/mol. The molecule has 25 heavy (non-hydrogen) atoms. The van der Waals surface area contributed by atoms with E-state index < -0.39 is 0 Å². The standard InChI is InChI=1S/2C10H20N2.Al/c2*1-9(2,3)11-7-8-12-10(4,5)6;/h2*7-8H,1-6H3;. The molecule has 0 aromatic rings. The molecule has 0 spiro atoms. The molecule has 0 aromatic carbocycles. The van der Waals surface area contributed by atoms with Crippen LogP contribution < -0.4 is 0 Å². The van der Waals surface area contributed by atoms with Crippen LogP contribution in [-0.4, -0.2) is 64.4 Å². The van der Waals surface area contributed by atoms with Crippen LogP contribution in [0.3, 0.4) is 0 Å². The summed E-state index contributed by atoms with van der Waals surface area (Å²) in [5.74, 6) is 0. The molecule has 0 heterocycles. The van der Waals surface area contributed by atoms with Gasteiger partial charge in [-0.15, -0.1) is 0 Å². The molecule has 3 radical (unpaired) electrons. The van der Waals surface area contributed by atoms with E-state index in [1.54, 1.807) is 24.9 Å². The summed E-state index contributed by atoms with van der Waals surface area (Å²) in [5, 5.41) is 0. The van der Waals surface area contributed by atoms with Crippen molar-refractivity contribution in [3.63, 3.8) is 0 Å². The monoisotopic (exact) mass is 363 g/mol. The van der Waals surface area contributed by atoms with Crippen molar-refractivity contribution in [1.29, 1.82) is 0 Å². The highest BCUT2D eigenvalue weighted by Gasteiger charge is 2.06. The molecule has 0 fully saturated rings. The van der Waals surface area contributed by atoms with Gasteiger partial charge in [0.05, 0.1) is 22.2 Å². The zero-order valence-corrected chi connectivity index (χ0v) is 19.8. The summed E-state index contributed by atoms with van der Waals surface area (Å²) < 4.78 is 0. The molecule has 0 rings (SSSR count). The molecule has 143 valence electrons. The van der Waals surface area contributed by atoms with Crippen molar-refractivity contribution < 1.29 is 0 Å². The summed E-state index contributed by atoms with van der Waals surface area (Å²) >= 11 is 0. The number of hydrogen-bond acceptors (Lipinski definition) is 4. The molecular weight excluding hydrogens is 323 g/mol. The molecule has 0 unspecified atom stereocenters. The van der Waals surface area contributed by atoms with Crippen molar-refractivity contribution in [3.05, 3.63) is 0 Å². The van der Waals surface area contributed by atoms with Crippen LogP contribution in [0.5, 0.6) is 0 Å². The second-order valence-corrected chi connectivity index (χ2v) is 9.80. The largest absolute Gasteiger partial charge is 0.286 e. The Labute approximate surface area is 167 Å². The number of rotatable bonds is 2. The van der Waals surface area contributed by atoms with E-state index in [-0.39, 0.29) is 39.5 Å². The predicted molar refractivity (Wildman–Crippen MR) is 119 cm³/mol. The van der Waals surface area contributed by atoms with Gasteiger partial charge in [0.15, 0.2) is 0 Å². The Morgan fingerprint density at radius 1 is 0.360 bits per heavy atom. The van der Waals surface area contributed by atoms with Gasteiger partial charge in [0.1, 0.15) is 0 Å². The second-order valence-electron chi connectivity index (χ2n) is 9.80. The Bertz CT molecular complexity index is 360. The molecule has 5 heteroatoms. The van der Waals surface area contributed by atoms with E-state index in [1.807, 2.05) is 0 Å². The minimum atomic E-state index is 0. The lowest BCUT2D eigenvalue weighted by Gasteiger charge is -2.11. The van der Waals surface area contributed by atoms with Crippen LogP contribution >= 0.6 is 0 Å². The smallest absolute Gasteiger partial charge is 0.0524 e. The third kappa shape index (κ3) is 35.3. The number of nitrogens with zero attached hydrogens (tertiary/aromatic N) is 4. The SMILES string of the molecule is CC(C)(C)N=CC=NC(C)(C)C.CC(C)(C)N=CC=NC(C)(C)C.[Al]. The minimum absolute atomic E-state index is 0. The van der Waals surface area contributed by atoms with E-state index in [4.69, 9.17) is 0 Å². The van der Waals surface area contributed by atoms with Crippen LogP contribution in [0.1, 0.15) is 83.1 Å². The molecule has 0 aliphatic carbocycles. The molecule has 0 N–H and O–H groups in total. The van der Waals surface area contributed by atoms with Crippen LogP contribution in [0.4, 0.5) is 0 Å². The van der Waals surface area contributed by atoms with Gasteiger partial charge < -0.3 is 0 Å². The summed E-state index contributed by atoms with van der Waals surface area (Å²) in [6.45, 7) is 24.8. The Morgan fingerprint density at radius 2 is 0.480 bits per heavy atom. The summed E-state index contributed by atoms with van der Waals surface area (Å²) in [6, 6.07) is 0. The minimum Gasteiger partial charge on any atom is -0.286 e. The molecular formula is C20H40AlN4. The summed E-state index contributed by atoms with van der Waals surface area (Å²) in [5.41, 5.74) is 0.0155. The van der Waals surface area contributed by atoms with Gasteiger partial charge >= 0.3 is 0 Å². The van der Waals surface area contributed by atoms with Crippen molar-refractivity contribution in [1.82, 2.24) is 0 Å². The van der Waals surface area contributed by atoms with Gasteiger partial charge in [0.25, 0.3) is 0 Å². The Kier molecular flexibility index (Phi) is 13.6. The van der Waals surface area contributed by atoms with Crippen LogP contribution in [0, 0.1) is 0 Å². The summed E-state index contributed by atoms with van der Waals surface area (Å²) in [4.78, 5) is 17.1. The Hall–Kier alpha value is -0.788. The number of aliphatic imine (C=N–C) groups is 4. The first-order valence-electron chi connectivity index (χ1n) is 8.59. The van der Waals surface area contributed by atoms with Gasteiger partial charge in [0, 0.05) is 42.2 Å². The second kappa shape index (κ2) is 11.8. The fourth-order valence-electron chi connectivity index (χ4n) is 1.03. The molecule has 0 amide bonds. The van der Waals surface area contributed by atoms with Crippen LogP contribution in [0.25, 0.3) is 0 Å². The molecule has 0 atom stereocenters. The molecule has 0 aliphatic rings. The molecule has 4 nitrogen and oxygen atoms in total. The van der Waals surface area contributed by atoms with E-state index in [0.717, 1.165) is 0 Å². The van der Waals surface area contributed by atoms with E-state index in [9.17, 15) is 0 Å². The van der Waals surface area contributed by atoms with Crippen LogP contribution in [-0.2, 0) is 0 Å². The first-order chi connectivity index (χ1) is 10.4. The highest BCUT2D eigenvalue weighted by molar-refractivity contribution is 6.16. The lowest BCUT2D eigenvalue weighted by atomic mass is 10.1. The first-order valence-corrected chi connectivity index (χ1v) is 8.59. The predicted octanol–water partition coefficient (Wildman–Crippen LogP) is 5.07. The van der Waals surface area contributed by atoms with E-state index in [0.29, 0.717) is 0 Å². The first kappa shape index (κ1) is 29.0. The van der Waals surface area contributed by atoms with E-state index in [1.165, 1.54) is 0 Å². The Balaban J connectivity index is -0.000000372. The molecule has 0 saturated heterocycles. The maximum Gasteiger partial charge on any atom is 0.0524 e. The van der Waals surface area contributed by atoms with Gasteiger partial charge in [-0.05, 0) is 83.1 Å². The highest BCUT2D eigenvalue weighted by atomic mass is 27.0. The molecule has 0 aliphatic heterocycles. The summed E-state index contributed by atoms with van der Waals surface area (Å²) in [6.07, 6.45) is 7.08. The molecule has 0 aromatic heterocycles. The normalized spacial score (nSPS) is 14.2. The lowest BCUT2D eigenvalue weighted by Crippen LogP contribution is -2.12. The molecule has 0 bridgehead atoms. The van der Waals surface area contributed by atoms with Crippen molar-refractivity contribution in [2.75, 3.05) is 0 Å². The zero-order valence-electron chi connectivity index (χ0n) is 18.7. The molecule has 0 saturated carbocycles. The van der Waals surface area contributed by atoms with Crippen molar-refractivity contribution in [2.45, 2.75) is 105 Å². The highest BCUT2D eigenvalue weighted by Crippen LogP contribution is 2.06. The van der Waals surface area contributed by atoms with Gasteiger partial charge in [-0.1, -0.05) is 0 Å². The summed E-state index contributed by atoms with van der Waals surface area (Å²) in [7, 11) is 0. The van der Waals surface area contributed by atoms with Crippen molar-refractivity contribution in [2.24, 2.45) is 20.0 Å². The van der Waals surface area contributed by atoms with E-state index in [2.05, 4.69) is 103 Å². The van der Waals surface area contributed by atoms with Gasteiger partial charge in [-0.2, -0.15) is 0 Å². The zero-order chi connectivity index (χ0) is 19.7. The van der Waals surface area contributed by atoms with Gasteiger partial charge in [-0.3, -0.25) is 20.0 Å². The van der Waals surface area contributed by atoms with Crippen LogP contribution in [0.15, 0.2) is 20.0 Å². The third-order valence-electron chi connectivity index (χ3n) is 1.98. The van der Waals surface area contributed by atoms with E-state index >= 15 is 0 Å². The maximum atomic E-state index is 4.29.